The Morgan fingerprint density at radius 2 is 0.865 bits per heavy atom. The van der Waals surface area contributed by atoms with E-state index in [4.69, 9.17) is 10.2 Å². The van der Waals surface area contributed by atoms with Crippen molar-refractivity contribution in [2.24, 2.45) is 0 Å². The van der Waals surface area contributed by atoms with Crippen LogP contribution in [0, 0.1) is 0 Å². The Morgan fingerprint density at radius 1 is 0.541 bits per heavy atom. The monoisotopic (exact) mass is 544 g/mol. The maximum absolute atomic E-state index is 11.0. The van der Waals surface area contributed by atoms with Crippen LogP contribution in [0.1, 0.15) is 59.1 Å². The van der Waals surface area contributed by atoms with Gasteiger partial charge in [0.05, 0.1) is 11.8 Å². The van der Waals surface area contributed by atoms with Gasteiger partial charge in [-0.15, -0.1) is 0 Å². The Labute approximate surface area is 231 Å². The summed E-state index contributed by atoms with van der Waals surface area (Å²) >= 11 is 0. The van der Waals surface area contributed by atoms with Gasteiger partial charge in [-0.2, -0.15) is 0 Å². The molecule has 5 heteroatoms. The number of benzene rings is 4. The molecule has 0 aromatic heterocycles. The number of carboxylic acid groups (broad SMARTS) is 2. The van der Waals surface area contributed by atoms with Crippen LogP contribution in [-0.2, 0) is 41.9 Å². The smallest absolute Gasteiger partial charge is 0.310 e. The maximum Gasteiger partial charge on any atom is 0.310 e. The van der Waals surface area contributed by atoms with Crippen LogP contribution < -0.4 is 0 Å². The fraction of sp³-hybridized carbons (Fsp3) is 0.188. The van der Waals surface area contributed by atoms with Crippen molar-refractivity contribution in [3.05, 3.63) is 143 Å². The van der Waals surface area contributed by atoms with Gasteiger partial charge in [0, 0.05) is 19.5 Å². The molecule has 0 aliphatic carbocycles. The average molecular weight is 546 g/mol. The zero-order valence-corrected chi connectivity index (χ0v) is 24.3. The third-order valence-electron chi connectivity index (χ3n) is 6.15. The zero-order valence-electron chi connectivity index (χ0n) is 21.4. The number of hydrogen-bond acceptors (Lipinski definition) is 2. The van der Waals surface area contributed by atoms with E-state index in [-0.39, 0.29) is 19.5 Å². The fourth-order valence-electron chi connectivity index (χ4n) is 3.89. The van der Waals surface area contributed by atoms with Crippen LogP contribution in [0.2, 0.25) is 0 Å². The predicted octanol–water partition coefficient (Wildman–Crippen LogP) is 6.93. The Kier molecular flexibility index (Phi) is 11.9. The standard InChI is InChI=1S/2C16H16O2.Zn/c2*1-12(16(17)18)15-9-5-8-14(11-15)10-13-6-3-2-4-7-13;/h2*2-9,11-12H,10H2,1H3,(H,17,18);. The van der Waals surface area contributed by atoms with Crippen molar-refractivity contribution in [1.29, 1.82) is 0 Å². The molecule has 0 saturated carbocycles. The van der Waals surface area contributed by atoms with E-state index in [1.165, 1.54) is 11.1 Å². The third-order valence-corrected chi connectivity index (χ3v) is 6.15. The van der Waals surface area contributed by atoms with Crippen LogP contribution >= 0.6 is 0 Å². The summed E-state index contributed by atoms with van der Waals surface area (Å²) in [6, 6.07) is 35.9. The normalized spacial score (nSPS) is 11.7. The van der Waals surface area contributed by atoms with Crippen LogP contribution in [0.25, 0.3) is 0 Å². The largest absolute Gasteiger partial charge is 0.481 e. The van der Waals surface area contributed by atoms with Crippen LogP contribution in [0.15, 0.2) is 109 Å². The van der Waals surface area contributed by atoms with Gasteiger partial charge in [0.15, 0.2) is 0 Å². The van der Waals surface area contributed by atoms with Crippen molar-refractivity contribution in [2.45, 2.75) is 38.5 Å². The van der Waals surface area contributed by atoms with Crippen molar-refractivity contribution < 1.29 is 39.3 Å². The molecular weight excluding hydrogens is 514 g/mol. The van der Waals surface area contributed by atoms with E-state index in [1.807, 2.05) is 84.9 Å². The van der Waals surface area contributed by atoms with Gasteiger partial charge in [-0.1, -0.05) is 109 Å². The minimum Gasteiger partial charge on any atom is -0.481 e. The minimum atomic E-state index is -0.785. The van der Waals surface area contributed by atoms with Crippen molar-refractivity contribution in [3.8, 4) is 0 Å². The molecule has 2 atom stereocenters. The molecular formula is C32H32O4Zn. The predicted molar refractivity (Wildman–Crippen MR) is 143 cm³/mol. The van der Waals surface area contributed by atoms with Crippen molar-refractivity contribution in [3.63, 3.8) is 0 Å². The second kappa shape index (κ2) is 14.9. The summed E-state index contributed by atoms with van der Waals surface area (Å²) in [7, 11) is 0. The summed E-state index contributed by atoms with van der Waals surface area (Å²) < 4.78 is 0. The number of carboxylic acids is 2. The van der Waals surface area contributed by atoms with E-state index < -0.39 is 23.8 Å². The van der Waals surface area contributed by atoms with Crippen molar-refractivity contribution in [1.82, 2.24) is 0 Å². The molecule has 4 rings (SSSR count). The Bertz CT molecular complexity index is 1170. The summed E-state index contributed by atoms with van der Waals surface area (Å²) in [6.45, 7) is 3.42. The molecule has 4 aromatic carbocycles. The summed E-state index contributed by atoms with van der Waals surface area (Å²) in [4.78, 5) is 21.9. The summed E-state index contributed by atoms with van der Waals surface area (Å²) in [5.41, 5.74) is 6.47. The third kappa shape index (κ3) is 9.44. The molecule has 2 unspecified atom stereocenters. The van der Waals surface area contributed by atoms with Gasteiger partial charge in [-0.3, -0.25) is 9.59 Å². The molecule has 4 nitrogen and oxygen atoms in total. The summed E-state index contributed by atoms with van der Waals surface area (Å²) in [5, 5.41) is 18.0. The van der Waals surface area contributed by atoms with Gasteiger partial charge < -0.3 is 10.2 Å². The van der Waals surface area contributed by atoms with Gasteiger partial charge in [0.1, 0.15) is 0 Å². The molecule has 0 radical (unpaired) electrons. The zero-order chi connectivity index (χ0) is 25.9. The fourth-order valence-corrected chi connectivity index (χ4v) is 3.89. The molecule has 37 heavy (non-hydrogen) atoms. The Hall–Kier alpha value is -3.56. The van der Waals surface area contributed by atoms with Crippen LogP contribution in [0.3, 0.4) is 0 Å². The first-order chi connectivity index (χ1) is 17.3. The van der Waals surface area contributed by atoms with E-state index in [0.717, 1.165) is 35.1 Å². The first kappa shape index (κ1) is 29.7. The maximum atomic E-state index is 11.0. The van der Waals surface area contributed by atoms with E-state index in [9.17, 15) is 9.59 Å². The Balaban J connectivity index is 0.000000253. The van der Waals surface area contributed by atoms with Gasteiger partial charge in [-0.25, -0.2) is 0 Å². The molecule has 0 fully saturated rings. The molecule has 0 spiro atoms. The summed E-state index contributed by atoms with van der Waals surface area (Å²) in [5.74, 6) is -2.49. The van der Waals surface area contributed by atoms with E-state index in [1.54, 1.807) is 13.8 Å². The van der Waals surface area contributed by atoms with Crippen LogP contribution in [0.5, 0.6) is 0 Å². The molecule has 0 aliphatic heterocycles. The number of carbonyl (C=O) groups is 2. The molecule has 0 amide bonds. The average Bonchev–Trinajstić information content (AvgIpc) is 2.89. The molecule has 2 N–H and O–H groups in total. The Morgan fingerprint density at radius 3 is 1.19 bits per heavy atom. The first-order valence-electron chi connectivity index (χ1n) is 12.0. The van der Waals surface area contributed by atoms with Gasteiger partial charge >= 0.3 is 11.9 Å². The van der Waals surface area contributed by atoms with Crippen molar-refractivity contribution in [2.75, 3.05) is 0 Å². The van der Waals surface area contributed by atoms with Crippen molar-refractivity contribution >= 4 is 11.9 Å². The first-order valence-corrected chi connectivity index (χ1v) is 12.0. The molecule has 4 aromatic rings. The second-order valence-electron chi connectivity index (χ2n) is 8.93. The molecule has 0 saturated heterocycles. The SMILES string of the molecule is CC(C(=O)O)c1cccc(Cc2ccccc2)c1.CC(C(=O)O)c1cccc(Cc2ccccc2)c1.[Zn]. The molecule has 0 bridgehead atoms. The molecule has 0 heterocycles. The summed E-state index contributed by atoms with van der Waals surface area (Å²) in [6.07, 6.45) is 1.67. The topological polar surface area (TPSA) is 74.6 Å². The van der Waals surface area contributed by atoms with Gasteiger partial charge in [0.2, 0.25) is 0 Å². The molecule has 0 aliphatic rings. The van der Waals surface area contributed by atoms with E-state index >= 15 is 0 Å². The minimum absolute atomic E-state index is 0. The second-order valence-corrected chi connectivity index (χ2v) is 8.93. The number of hydrogen-bond donors (Lipinski definition) is 2. The van der Waals surface area contributed by atoms with E-state index in [0.29, 0.717) is 0 Å². The van der Waals surface area contributed by atoms with Gasteiger partial charge in [0.25, 0.3) is 0 Å². The number of rotatable bonds is 8. The van der Waals surface area contributed by atoms with Gasteiger partial charge in [-0.05, 0) is 60.1 Å². The van der Waals surface area contributed by atoms with Crippen LogP contribution in [0.4, 0.5) is 0 Å². The number of aliphatic carboxylic acids is 2. The molecule has 186 valence electrons. The quantitative estimate of drug-likeness (QED) is 0.235. The van der Waals surface area contributed by atoms with E-state index in [2.05, 4.69) is 24.3 Å². The van der Waals surface area contributed by atoms with Crippen LogP contribution in [-0.4, -0.2) is 22.2 Å².